The first-order chi connectivity index (χ1) is 9.40. The highest BCUT2D eigenvalue weighted by Crippen LogP contribution is 2.17. The molecule has 0 saturated carbocycles. The number of carboxylic acid groups (broad SMARTS) is 1. The number of hydrogen-bond donors (Lipinski definition) is 3. The van der Waals surface area contributed by atoms with Crippen LogP contribution in [0.1, 0.15) is 32.1 Å². The fourth-order valence-electron chi connectivity index (χ4n) is 1.85. The quantitative estimate of drug-likeness (QED) is 0.800. The van der Waals surface area contributed by atoms with E-state index in [-0.39, 0.29) is 5.69 Å². The lowest BCUT2D eigenvalue weighted by Gasteiger charge is -2.06. The monoisotopic (exact) mass is 277 g/mol. The van der Waals surface area contributed by atoms with E-state index in [1.54, 1.807) is 13.8 Å². The van der Waals surface area contributed by atoms with E-state index >= 15 is 0 Å². The van der Waals surface area contributed by atoms with E-state index in [9.17, 15) is 14.0 Å². The second-order valence-electron chi connectivity index (χ2n) is 4.26. The van der Waals surface area contributed by atoms with E-state index in [4.69, 9.17) is 5.11 Å². The van der Waals surface area contributed by atoms with Gasteiger partial charge in [-0.2, -0.15) is 5.10 Å². The minimum atomic E-state index is -1.36. The summed E-state index contributed by atoms with van der Waals surface area (Å²) in [5.74, 6) is -2.70. The molecule has 0 fully saturated rings. The zero-order chi connectivity index (χ0) is 14.9. The van der Waals surface area contributed by atoms with E-state index in [2.05, 4.69) is 15.5 Å². The fraction of sp³-hybridized carbons (Fsp3) is 0.154. The predicted molar refractivity (Wildman–Crippen MR) is 69.4 cm³/mol. The maximum absolute atomic E-state index is 13.5. The number of rotatable bonds is 3. The van der Waals surface area contributed by atoms with Crippen molar-refractivity contribution < 1.29 is 19.1 Å². The number of H-pyrrole nitrogens is 1. The van der Waals surface area contributed by atoms with Crippen LogP contribution in [0.2, 0.25) is 0 Å². The van der Waals surface area contributed by atoms with Crippen molar-refractivity contribution in [3.63, 3.8) is 0 Å². The van der Waals surface area contributed by atoms with Crippen LogP contribution >= 0.6 is 0 Å². The number of halogens is 1. The summed E-state index contributed by atoms with van der Waals surface area (Å²) in [6.07, 6.45) is 0. The van der Waals surface area contributed by atoms with Crippen molar-refractivity contribution in [1.82, 2.24) is 10.2 Å². The lowest BCUT2D eigenvalue weighted by atomic mass is 10.1. The van der Waals surface area contributed by atoms with Crippen molar-refractivity contribution in [2.24, 2.45) is 0 Å². The number of amides is 1. The molecule has 0 saturated heterocycles. The van der Waals surface area contributed by atoms with Gasteiger partial charge in [-0.3, -0.25) is 9.89 Å². The van der Waals surface area contributed by atoms with Crippen molar-refractivity contribution in [2.75, 3.05) is 5.32 Å². The second-order valence-corrected chi connectivity index (χ2v) is 4.26. The molecule has 1 amide bonds. The summed E-state index contributed by atoms with van der Waals surface area (Å²) in [4.78, 5) is 22.7. The Kier molecular flexibility index (Phi) is 3.51. The zero-order valence-electron chi connectivity index (χ0n) is 10.8. The maximum atomic E-state index is 13.5. The third kappa shape index (κ3) is 2.51. The third-order valence-corrected chi connectivity index (χ3v) is 2.81. The first-order valence-corrected chi connectivity index (χ1v) is 5.76. The van der Waals surface area contributed by atoms with Crippen LogP contribution in [-0.2, 0) is 0 Å². The van der Waals surface area contributed by atoms with Gasteiger partial charge in [0.15, 0.2) is 0 Å². The first kappa shape index (κ1) is 13.7. The summed E-state index contributed by atoms with van der Waals surface area (Å²) >= 11 is 0. The molecule has 7 heteroatoms. The Bertz CT molecular complexity index is 675. The number of benzene rings is 1. The molecule has 0 atom stereocenters. The number of carbonyl (C=O) groups excluding carboxylic acids is 1. The molecule has 0 unspecified atom stereocenters. The summed E-state index contributed by atoms with van der Waals surface area (Å²) in [5.41, 5.74) is 1.24. The van der Waals surface area contributed by atoms with Gasteiger partial charge in [-0.25, -0.2) is 9.18 Å². The van der Waals surface area contributed by atoms with Crippen LogP contribution in [-0.4, -0.2) is 27.2 Å². The topological polar surface area (TPSA) is 95.1 Å². The average Bonchev–Trinajstić information content (AvgIpc) is 2.68. The lowest BCUT2D eigenvalue weighted by Crippen LogP contribution is -2.14. The molecule has 104 valence electrons. The zero-order valence-corrected chi connectivity index (χ0v) is 10.8. The Morgan fingerprint density at radius 2 is 2.05 bits per heavy atom. The van der Waals surface area contributed by atoms with Crippen molar-refractivity contribution in [1.29, 1.82) is 0 Å². The van der Waals surface area contributed by atoms with E-state index in [0.29, 0.717) is 17.0 Å². The van der Waals surface area contributed by atoms with Gasteiger partial charge in [0.2, 0.25) is 0 Å². The lowest BCUT2D eigenvalue weighted by molar-refractivity contribution is 0.0692. The number of aryl methyl sites for hydroxylation is 2. The Labute approximate surface area is 113 Å². The van der Waals surface area contributed by atoms with E-state index < -0.39 is 23.3 Å². The van der Waals surface area contributed by atoms with Gasteiger partial charge in [-0.15, -0.1) is 0 Å². The molecule has 2 aromatic rings. The Morgan fingerprint density at radius 1 is 1.35 bits per heavy atom. The SMILES string of the molecule is Cc1n[nH]c(C)c1C(=O)Nc1ccc(C(=O)O)c(F)c1. The molecule has 0 spiro atoms. The number of carboxylic acids is 1. The van der Waals surface area contributed by atoms with E-state index in [1.165, 1.54) is 6.07 Å². The number of carbonyl (C=O) groups is 2. The molecule has 6 nitrogen and oxygen atoms in total. The van der Waals surface area contributed by atoms with Crippen molar-refractivity contribution in [3.05, 3.63) is 46.5 Å². The van der Waals surface area contributed by atoms with Gasteiger partial charge < -0.3 is 10.4 Å². The van der Waals surface area contributed by atoms with Crippen molar-refractivity contribution in [2.45, 2.75) is 13.8 Å². The number of nitrogens with one attached hydrogen (secondary N) is 2. The number of hydrogen-bond acceptors (Lipinski definition) is 3. The number of aromatic carboxylic acids is 1. The van der Waals surface area contributed by atoms with E-state index in [1.807, 2.05) is 0 Å². The normalized spacial score (nSPS) is 10.3. The number of nitrogens with zero attached hydrogens (tertiary/aromatic N) is 1. The summed E-state index contributed by atoms with van der Waals surface area (Å²) in [7, 11) is 0. The largest absolute Gasteiger partial charge is 0.478 e. The molecule has 0 aliphatic heterocycles. The van der Waals surface area contributed by atoms with Crippen LogP contribution in [0.15, 0.2) is 18.2 Å². The highest BCUT2D eigenvalue weighted by Gasteiger charge is 2.16. The molecule has 20 heavy (non-hydrogen) atoms. The molecule has 1 heterocycles. The number of anilines is 1. The van der Waals surface area contributed by atoms with Crippen LogP contribution in [0, 0.1) is 19.7 Å². The molecule has 0 bridgehead atoms. The minimum Gasteiger partial charge on any atom is -0.478 e. The van der Waals surface area contributed by atoms with Crippen LogP contribution in [0.5, 0.6) is 0 Å². The molecule has 1 aromatic heterocycles. The van der Waals surface area contributed by atoms with Crippen molar-refractivity contribution in [3.8, 4) is 0 Å². The van der Waals surface area contributed by atoms with Gasteiger partial charge in [-0.05, 0) is 32.0 Å². The Balaban J connectivity index is 2.25. The summed E-state index contributed by atoms with van der Waals surface area (Å²) in [6, 6.07) is 3.39. The van der Waals surface area contributed by atoms with Gasteiger partial charge in [0.05, 0.1) is 16.8 Å². The molecular formula is C13H12FN3O3. The van der Waals surface area contributed by atoms with Gasteiger partial charge in [0, 0.05) is 11.4 Å². The summed E-state index contributed by atoms with van der Waals surface area (Å²) in [5, 5.41) is 17.8. The summed E-state index contributed by atoms with van der Waals surface area (Å²) in [6.45, 7) is 3.37. The number of aromatic amines is 1. The molecular weight excluding hydrogens is 265 g/mol. The highest BCUT2D eigenvalue weighted by atomic mass is 19.1. The second kappa shape index (κ2) is 5.12. The van der Waals surface area contributed by atoms with Gasteiger partial charge >= 0.3 is 5.97 Å². The molecule has 0 radical (unpaired) electrons. The van der Waals surface area contributed by atoms with Crippen LogP contribution in [0.25, 0.3) is 0 Å². The van der Waals surface area contributed by atoms with E-state index in [0.717, 1.165) is 12.1 Å². The van der Waals surface area contributed by atoms with Crippen LogP contribution in [0.3, 0.4) is 0 Å². The molecule has 0 aliphatic rings. The van der Waals surface area contributed by atoms with Gasteiger partial charge in [0.1, 0.15) is 5.82 Å². The first-order valence-electron chi connectivity index (χ1n) is 5.76. The Hall–Kier alpha value is -2.70. The summed E-state index contributed by atoms with van der Waals surface area (Å²) < 4.78 is 13.5. The van der Waals surface area contributed by atoms with Crippen molar-refractivity contribution >= 4 is 17.6 Å². The van der Waals surface area contributed by atoms with Gasteiger partial charge in [0.25, 0.3) is 5.91 Å². The third-order valence-electron chi connectivity index (χ3n) is 2.81. The molecule has 1 aromatic carbocycles. The number of aromatic nitrogens is 2. The van der Waals surface area contributed by atoms with Crippen LogP contribution in [0.4, 0.5) is 10.1 Å². The standard InChI is InChI=1S/C13H12FN3O3/c1-6-11(7(2)17-16-6)12(18)15-8-3-4-9(13(19)20)10(14)5-8/h3-5H,1-2H3,(H,15,18)(H,16,17)(H,19,20). The van der Waals surface area contributed by atoms with Crippen LogP contribution < -0.4 is 5.32 Å². The minimum absolute atomic E-state index is 0.178. The highest BCUT2D eigenvalue weighted by molar-refractivity contribution is 6.06. The molecule has 0 aliphatic carbocycles. The molecule has 2 rings (SSSR count). The fourth-order valence-corrected chi connectivity index (χ4v) is 1.85. The average molecular weight is 277 g/mol. The predicted octanol–water partition coefficient (Wildman–Crippen LogP) is 2.12. The Morgan fingerprint density at radius 3 is 2.55 bits per heavy atom. The molecule has 3 N–H and O–H groups in total. The smallest absolute Gasteiger partial charge is 0.338 e. The maximum Gasteiger partial charge on any atom is 0.338 e. The van der Waals surface area contributed by atoms with Gasteiger partial charge in [-0.1, -0.05) is 0 Å².